The first kappa shape index (κ1) is 10.5. The fraction of sp³-hybridized carbons (Fsp3) is 0.400. The van der Waals surface area contributed by atoms with Crippen LogP contribution < -0.4 is 5.32 Å². The summed E-state index contributed by atoms with van der Waals surface area (Å²) in [4.78, 5) is 0. The normalized spacial score (nSPS) is 11.7. The highest BCUT2D eigenvalue weighted by Gasteiger charge is 2.22. The van der Waals surface area contributed by atoms with Gasteiger partial charge in [-0.2, -0.15) is 0 Å². The van der Waals surface area contributed by atoms with Crippen LogP contribution in [-0.4, -0.2) is 12.2 Å². The molecule has 3 heteroatoms. The third-order valence-electron chi connectivity index (χ3n) is 2.29. The van der Waals surface area contributed by atoms with Crippen LogP contribution in [0.1, 0.15) is 19.4 Å². The molecule has 0 spiro atoms. The SMILES string of the molecule is CNC(C)(C)c1cccc(Br)c1O. The molecule has 1 aromatic rings. The fourth-order valence-corrected chi connectivity index (χ4v) is 1.52. The monoisotopic (exact) mass is 243 g/mol. The summed E-state index contributed by atoms with van der Waals surface area (Å²) < 4.78 is 0.730. The minimum absolute atomic E-state index is 0.214. The Morgan fingerprint density at radius 2 is 2.00 bits per heavy atom. The van der Waals surface area contributed by atoms with Crippen LogP contribution in [0.25, 0.3) is 0 Å². The van der Waals surface area contributed by atoms with Gasteiger partial charge in [0.25, 0.3) is 0 Å². The van der Waals surface area contributed by atoms with E-state index in [1.165, 1.54) is 0 Å². The summed E-state index contributed by atoms with van der Waals surface area (Å²) in [7, 11) is 1.88. The number of rotatable bonds is 2. The summed E-state index contributed by atoms with van der Waals surface area (Å²) in [5.41, 5.74) is 0.679. The zero-order chi connectivity index (χ0) is 10.1. The van der Waals surface area contributed by atoms with Gasteiger partial charge in [-0.15, -0.1) is 0 Å². The van der Waals surface area contributed by atoms with Crippen LogP contribution in [0.15, 0.2) is 22.7 Å². The average molecular weight is 244 g/mol. The first-order valence-corrected chi connectivity index (χ1v) is 4.95. The molecule has 0 radical (unpaired) electrons. The van der Waals surface area contributed by atoms with Crippen LogP contribution >= 0.6 is 15.9 Å². The molecule has 0 aliphatic heterocycles. The van der Waals surface area contributed by atoms with Gasteiger partial charge in [0.15, 0.2) is 0 Å². The molecule has 2 N–H and O–H groups in total. The Morgan fingerprint density at radius 1 is 1.38 bits per heavy atom. The molecule has 0 unspecified atom stereocenters. The molecule has 0 amide bonds. The standard InChI is InChI=1S/C10H14BrNO/c1-10(2,12-3)7-5-4-6-8(11)9(7)13/h4-6,12-13H,1-3H3. The molecular weight excluding hydrogens is 230 g/mol. The van der Waals surface area contributed by atoms with Crippen molar-refractivity contribution in [1.29, 1.82) is 0 Å². The van der Waals surface area contributed by atoms with Crippen molar-refractivity contribution in [3.63, 3.8) is 0 Å². The topological polar surface area (TPSA) is 32.3 Å². The van der Waals surface area contributed by atoms with Gasteiger partial charge in [0, 0.05) is 11.1 Å². The van der Waals surface area contributed by atoms with Gasteiger partial charge in [-0.05, 0) is 42.9 Å². The third kappa shape index (κ3) is 2.03. The minimum atomic E-state index is -0.214. The molecule has 1 aromatic carbocycles. The van der Waals surface area contributed by atoms with E-state index in [9.17, 15) is 5.11 Å². The molecule has 0 atom stereocenters. The predicted octanol–water partition coefficient (Wildman–Crippen LogP) is 2.61. The van der Waals surface area contributed by atoms with Crippen molar-refractivity contribution in [2.45, 2.75) is 19.4 Å². The average Bonchev–Trinajstić information content (AvgIpc) is 2.09. The number of phenolic OH excluding ortho intramolecular Hbond substituents is 1. The highest BCUT2D eigenvalue weighted by atomic mass is 79.9. The van der Waals surface area contributed by atoms with Crippen molar-refractivity contribution >= 4 is 15.9 Å². The lowest BCUT2D eigenvalue weighted by atomic mass is 9.94. The van der Waals surface area contributed by atoms with Crippen molar-refractivity contribution in [2.75, 3.05) is 7.05 Å². The Balaban J connectivity index is 3.22. The molecule has 0 bridgehead atoms. The molecule has 2 nitrogen and oxygen atoms in total. The van der Waals surface area contributed by atoms with E-state index in [1.54, 1.807) is 0 Å². The second-order valence-corrected chi connectivity index (χ2v) is 4.37. The molecule has 0 aliphatic rings. The van der Waals surface area contributed by atoms with Gasteiger partial charge in [0.05, 0.1) is 4.47 Å². The number of benzene rings is 1. The molecule has 0 aromatic heterocycles. The lowest BCUT2D eigenvalue weighted by Crippen LogP contribution is -2.33. The summed E-state index contributed by atoms with van der Waals surface area (Å²) in [6.45, 7) is 4.04. The molecule has 13 heavy (non-hydrogen) atoms. The van der Waals surface area contributed by atoms with E-state index in [0.717, 1.165) is 10.0 Å². The third-order valence-corrected chi connectivity index (χ3v) is 2.93. The fourth-order valence-electron chi connectivity index (χ4n) is 1.15. The summed E-state index contributed by atoms with van der Waals surface area (Å²) in [6.07, 6.45) is 0. The van der Waals surface area contributed by atoms with Crippen molar-refractivity contribution in [2.24, 2.45) is 0 Å². The number of nitrogens with one attached hydrogen (secondary N) is 1. The van der Waals surface area contributed by atoms with Gasteiger partial charge in [-0.1, -0.05) is 12.1 Å². The maximum atomic E-state index is 9.78. The molecule has 0 saturated heterocycles. The van der Waals surface area contributed by atoms with E-state index >= 15 is 0 Å². The Hall–Kier alpha value is -0.540. The Kier molecular flexibility index (Phi) is 2.98. The molecule has 0 fully saturated rings. The van der Waals surface area contributed by atoms with Gasteiger partial charge in [0.1, 0.15) is 5.75 Å². The molecular formula is C10H14BrNO. The van der Waals surface area contributed by atoms with E-state index in [4.69, 9.17) is 0 Å². The van der Waals surface area contributed by atoms with Crippen molar-refractivity contribution in [1.82, 2.24) is 5.32 Å². The highest BCUT2D eigenvalue weighted by molar-refractivity contribution is 9.10. The zero-order valence-corrected chi connectivity index (χ0v) is 9.64. The van der Waals surface area contributed by atoms with E-state index in [1.807, 2.05) is 39.1 Å². The maximum absolute atomic E-state index is 9.78. The Morgan fingerprint density at radius 3 is 2.54 bits per heavy atom. The maximum Gasteiger partial charge on any atom is 0.134 e. The van der Waals surface area contributed by atoms with Gasteiger partial charge in [-0.3, -0.25) is 0 Å². The van der Waals surface area contributed by atoms with Crippen LogP contribution in [0.5, 0.6) is 5.75 Å². The van der Waals surface area contributed by atoms with E-state index in [-0.39, 0.29) is 5.54 Å². The van der Waals surface area contributed by atoms with Crippen LogP contribution in [0.4, 0.5) is 0 Å². The lowest BCUT2D eigenvalue weighted by Gasteiger charge is -2.25. The number of phenols is 1. The van der Waals surface area contributed by atoms with E-state index in [0.29, 0.717) is 5.75 Å². The first-order valence-electron chi connectivity index (χ1n) is 4.16. The number of halogens is 1. The number of para-hydroxylation sites is 1. The van der Waals surface area contributed by atoms with Crippen LogP contribution in [0.3, 0.4) is 0 Å². The largest absolute Gasteiger partial charge is 0.506 e. The molecule has 72 valence electrons. The number of hydrogen-bond donors (Lipinski definition) is 2. The summed E-state index contributed by atoms with van der Waals surface area (Å²) >= 11 is 3.29. The summed E-state index contributed by atoms with van der Waals surface area (Å²) in [5, 5.41) is 12.9. The molecule has 0 heterocycles. The minimum Gasteiger partial charge on any atom is -0.506 e. The van der Waals surface area contributed by atoms with Crippen molar-refractivity contribution in [3.05, 3.63) is 28.2 Å². The number of aromatic hydroxyl groups is 1. The van der Waals surface area contributed by atoms with Gasteiger partial charge in [-0.25, -0.2) is 0 Å². The Labute approximate surface area is 87.1 Å². The first-order chi connectivity index (χ1) is 5.99. The summed E-state index contributed by atoms with van der Waals surface area (Å²) in [6, 6.07) is 5.65. The quantitative estimate of drug-likeness (QED) is 0.838. The van der Waals surface area contributed by atoms with Crippen LogP contribution in [-0.2, 0) is 5.54 Å². The highest BCUT2D eigenvalue weighted by Crippen LogP contribution is 2.34. The lowest BCUT2D eigenvalue weighted by molar-refractivity contribution is 0.399. The van der Waals surface area contributed by atoms with Crippen LogP contribution in [0.2, 0.25) is 0 Å². The van der Waals surface area contributed by atoms with Crippen molar-refractivity contribution < 1.29 is 5.11 Å². The summed E-state index contributed by atoms with van der Waals surface area (Å²) in [5.74, 6) is 0.307. The molecule has 0 aliphatic carbocycles. The van der Waals surface area contributed by atoms with Gasteiger partial charge in [0.2, 0.25) is 0 Å². The van der Waals surface area contributed by atoms with E-state index < -0.39 is 0 Å². The Bertz CT molecular complexity index is 310. The van der Waals surface area contributed by atoms with Crippen molar-refractivity contribution in [3.8, 4) is 5.75 Å². The second kappa shape index (κ2) is 3.68. The van der Waals surface area contributed by atoms with Crippen LogP contribution in [0, 0.1) is 0 Å². The number of hydrogen-bond acceptors (Lipinski definition) is 2. The van der Waals surface area contributed by atoms with E-state index in [2.05, 4.69) is 21.2 Å². The molecule has 0 saturated carbocycles. The second-order valence-electron chi connectivity index (χ2n) is 3.51. The molecule has 1 rings (SSSR count). The zero-order valence-electron chi connectivity index (χ0n) is 8.06. The predicted molar refractivity (Wildman–Crippen MR) is 57.9 cm³/mol. The smallest absolute Gasteiger partial charge is 0.134 e. The van der Waals surface area contributed by atoms with Gasteiger partial charge < -0.3 is 10.4 Å². The van der Waals surface area contributed by atoms with Gasteiger partial charge >= 0.3 is 0 Å².